The van der Waals surface area contributed by atoms with Crippen LogP contribution in [0.2, 0.25) is 6.04 Å². The molecule has 0 spiro atoms. The van der Waals surface area contributed by atoms with E-state index in [2.05, 4.69) is 51.1 Å². The van der Waals surface area contributed by atoms with Crippen molar-refractivity contribution in [2.24, 2.45) is 0 Å². The van der Waals surface area contributed by atoms with Crippen LogP contribution < -0.4 is 0 Å². The van der Waals surface area contributed by atoms with Crippen LogP contribution in [0.4, 0.5) is 0 Å². The zero-order valence-electron chi connectivity index (χ0n) is 12.7. The molecule has 0 fully saturated rings. The first-order valence-corrected chi connectivity index (χ1v) is 9.81. The first kappa shape index (κ1) is 16.4. The minimum absolute atomic E-state index is 0.822. The van der Waals surface area contributed by atoms with Gasteiger partial charge in [-0.3, -0.25) is 0 Å². The van der Waals surface area contributed by atoms with Crippen LogP contribution in [0.3, 0.4) is 0 Å². The van der Waals surface area contributed by atoms with Gasteiger partial charge >= 0.3 is 8.56 Å². The Morgan fingerprint density at radius 3 is 1.89 bits per heavy atom. The summed E-state index contributed by atoms with van der Waals surface area (Å²) < 4.78 is 12.5. The molecule has 0 heterocycles. The average Bonchev–Trinajstić information content (AvgIpc) is 2.44. The Labute approximate surface area is 119 Å². The zero-order valence-corrected chi connectivity index (χ0v) is 13.7. The highest BCUT2D eigenvalue weighted by Gasteiger charge is 2.36. The van der Waals surface area contributed by atoms with Crippen LogP contribution in [0, 0.1) is 0 Å². The molecule has 1 aromatic carbocycles. The lowest BCUT2D eigenvalue weighted by molar-refractivity contribution is 0.166. The Bertz CT molecular complexity index is 319. The number of rotatable bonds is 10. The van der Waals surface area contributed by atoms with E-state index in [0.717, 1.165) is 44.6 Å². The number of hydrogen-bond donors (Lipinski definition) is 0. The van der Waals surface area contributed by atoms with Gasteiger partial charge in [0.05, 0.1) is 0 Å². The van der Waals surface area contributed by atoms with Crippen molar-refractivity contribution in [3.8, 4) is 0 Å². The molecule has 1 aromatic rings. The van der Waals surface area contributed by atoms with E-state index in [1.165, 1.54) is 5.56 Å². The van der Waals surface area contributed by atoms with Crippen molar-refractivity contribution in [1.29, 1.82) is 0 Å². The quantitative estimate of drug-likeness (QED) is 0.589. The van der Waals surface area contributed by atoms with E-state index >= 15 is 0 Å². The molecular formula is C16H28O2Si. The van der Waals surface area contributed by atoms with Crippen LogP contribution in [-0.4, -0.2) is 21.8 Å². The molecule has 0 aliphatic carbocycles. The summed E-state index contributed by atoms with van der Waals surface area (Å²) >= 11 is 0. The van der Waals surface area contributed by atoms with Gasteiger partial charge in [-0.15, -0.1) is 0 Å². The van der Waals surface area contributed by atoms with Gasteiger partial charge in [0.2, 0.25) is 0 Å². The van der Waals surface area contributed by atoms with Crippen LogP contribution in [0.15, 0.2) is 30.3 Å². The third kappa shape index (κ3) is 5.89. The van der Waals surface area contributed by atoms with E-state index in [9.17, 15) is 0 Å². The largest absolute Gasteiger partial charge is 0.394 e. The fraction of sp³-hybridized carbons (Fsp3) is 0.625. The normalized spacial score (nSPS) is 11.7. The second-order valence-electron chi connectivity index (χ2n) is 5.02. The Kier molecular flexibility index (Phi) is 8.02. The molecule has 0 radical (unpaired) electrons. The third-order valence-electron chi connectivity index (χ3n) is 3.09. The Morgan fingerprint density at radius 2 is 1.42 bits per heavy atom. The third-order valence-corrected chi connectivity index (χ3v) is 6.75. The lowest BCUT2D eigenvalue weighted by atomic mass is 10.2. The monoisotopic (exact) mass is 280 g/mol. The molecule has 0 saturated heterocycles. The minimum Gasteiger partial charge on any atom is -0.394 e. The Hall–Kier alpha value is -0.643. The summed E-state index contributed by atoms with van der Waals surface area (Å²) in [5.41, 5.74) is 1.34. The van der Waals surface area contributed by atoms with Crippen LogP contribution in [0.25, 0.3) is 0 Å². The predicted octanol–water partition coefficient (Wildman–Crippen LogP) is 4.47. The first-order chi connectivity index (χ1) is 9.26. The average molecular weight is 280 g/mol. The summed E-state index contributed by atoms with van der Waals surface area (Å²) in [5, 5.41) is 0. The maximum atomic E-state index is 6.24. The van der Waals surface area contributed by atoms with Crippen molar-refractivity contribution in [3.63, 3.8) is 0 Å². The van der Waals surface area contributed by atoms with Crippen molar-refractivity contribution < 1.29 is 8.85 Å². The summed E-state index contributed by atoms with van der Waals surface area (Å²) in [5.74, 6) is 0. The van der Waals surface area contributed by atoms with Crippen LogP contribution in [0.1, 0.15) is 45.6 Å². The van der Waals surface area contributed by atoms with Gasteiger partial charge in [-0.1, -0.05) is 57.5 Å². The molecule has 2 nitrogen and oxygen atoms in total. The van der Waals surface area contributed by atoms with Crippen molar-refractivity contribution in [2.75, 3.05) is 13.2 Å². The molecule has 0 unspecified atom stereocenters. The predicted molar refractivity (Wildman–Crippen MR) is 83.5 cm³/mol. The molecule has 0 bridgehead atoms. The highest BCUT2D eigenvalue weighted by Crippen LogP contribution is 2.22. The molecule has 0 atom stereocenters. The van der Waals surface area contributed by atoms with Gasteiger partial charge < -0.3 is 8.85 Å². The van der Waals surface area contributed by atoms with E-state index in [4.69, 9.17) is 8.85 Å². The molecule has 0 saturated carbocycles. The fourth-order valence-electron chi connectivity index (χ4n) is 2.24. The SMILES string of the molecule is CCCO[Si](CCC)(Cc1ccccc1)OCCC. The number of benzene rings is 1. The Morgan fingerprint density at radius 1 is 0.842 bits per heavy atom. The van der Waals surface area contributed by atoms with E-state index in [1.807, 2.05) is 0 Å². The molecule has 0 N–H and O–H groups in total. The van der Waals surface area contributed by atoms with E-state index in [0.29, 0.717) is 0 Å². The topological polar surface area (TPSA) is 18.5 Å². The van der Waals surface area contributed by atoms with Gasteiger partial charge in [0, 0.05) is 19.3 Å². The molecule has 108 valence electrons. The molecule has 0 aromatic heterocycles. The molecule has 0 aliphatic heterocycles. The molecule has 19 heavy (non-hydrogen) atoms. The lowest BCUT2D eigenvalue weighted by Gasteiger charge is -2.30. The van der Waals surface area contributed by atoms with Gasteiger partial charge in [0.1, 0.15) is 0 Å². The summed E-state index contributed by atoms with van der Waals surface area (Å²) in [6.07, 6.45) is 3.25. The highest BCUT2D eigenvalue weighted by atomic mass is 28.4. The van der Waals surface area contributed by atoms with Gasteiger partial charge in [-0.2, -0.15) is 0 Å². The summed E-state index contributed by atoms with van der Waals surface area (Å²) in [6, 6.07) is 12.7. The van der Waals surface area contributed by atoms with Crippen LogP contribution in [0.5, 0.6) is 0 Å². The zero-order chi connectivity index (χ0) is 14.0. The van der Waals surface area contributed by atoms with Crippen molar-refractivity contribution in [3.05, 3.63) is 35.9 Å². The van der Waals surface area contributed by atoms with Gasteiger partial charge in [-0.05, 0) is 24.4 Å². The lowest BCUT2D eigenvalue weighted by Crippen LogP contribution is -2.45. The molecule has 3 heteroatoms. The molecule has 1 rings (SSSR count). The number of hydrogen-bond acceptors (Lipinski definition) is 2. The maximum absolute atomic E-state index is 6.24. The smallest absolute Gasteiger partial charge is 0.342 e. The van der Waals surface area contributed by atoms with E-state index in [-0.39, 0.29) is 0 Å². The van der Waals surface area contributed by atoms with Crippen molar-refractivity contribution >= 4 is 8.56 Å². The van der Waals surface area contributed by atoms with Gasteiger partial charge in [0.25, 0.3) is 0 Å². The maximum Gasteiger partial charge on any atom is 0.342 e. The van der Waals surface area contributed by atoms with E-state index in [1.54, 1.807) is 0 Å². The molecule has 0 aliphatic rings. The fourth-order valence-corrected chi connectivity index (χ4v) is 5.77. The first-order valence-electron chi connectivity index (χ1n) is 7.58. The van der Waals surface area contributed by atoms with Crippen LogP contribution >= 0.6 is 0 Å². The summed E-state index contributed by atoms with van der Waals surface area (Å²) in [7, 11) is -2.08. The van der Waals surface area contributed by atoms with Crippen molar-refractivity contribution in [2.45, 2.75) is 52.1 Å². The van der Waals surface area contributed by atoms with Gasteiger partial charge in [-0.25, -0.2) is 0 Å². The summed E-state index contributed by atoms with van der Waals surface area (Å²) in [6.45, 7) is 8.18. The van der Waals surface area contributed by atoms with Crippen LogP contribution in [-0.2, 0) is 14.9 Å². The highest BCUT2D eigenvalue weighted by molar-refractivity contribution is 6.66. The minimum atomic E-state index is -2.08. The second kappa shape index (κ2) is 9.29. The molecular weight excluding hydrogens is 252 g/mol. The van der Waals surface area contributed by atoms with E-state index < -0.39 is 8.56 Å². The summed E-state index contributed by atoms with van der Waals surface area (Å²) in [4.78, 5) is 0. The standard InChI is InChI=1S/C16H28O2Si/c1-4-12-17-19(14-6-3,18-13-5-2)15-16-10-8-7-9-11-16/h7-11H,4-6,12-15H2,1-3H3. The molecule has 0 amide bonds. The Balaban J connectivity index is 2.79. The van der Waals surface area contributed by atoms with Crippen molar-refractivity contribution in [1.82, 2.24) is 0 Å². The second-order valence-corrected chi connectivity index (χ2v) is 8.27. The van der Waals surface area contributed by atoms with Gasteiger partial charge in [0.15, 0.2) is 0 Å².